The number of phosphoric acid groups is 3. The molecule has 34 heavy (non-hydrogen) atoms. The van der Waals surface area contributed by atoms with Gasteiger partial charge in [-0.05, 0) is 37.4 Å². The molecule has 7 atom stereocenters. The lowest BCUT2D eigenvalue weighted by molar-refractivity contribution is -0.0876. The summed E-state index contributed by atoms with van der Waals surface area (Å²) in [6.45, 7) is 2.37. The van der Waals surface area contributed by atoms with E-state index in [0.717, 1.165) is 11.5 Å². The van der Waals surface area contributed by atoms with Crippen molar-refractivity contribution in [3.05, 3.63) is 22.2 Å². The highest BCUT2D eigenvalue weighted by atomic mass is 35.5. The minimum Gasteiger partial charge on any atom is -0.386 e. The van der Waals surface area contributed by atoms with Gasteiger partial charge in [-0.3, -0.25) is 9.09 Å². The molecule has 0 aromatic carbocycles. The average Bonchev–Trinajstić information content (AvgIpc) is 2.83. The third-order valence-corrected chi connectivity index (χ3v) is 8.27. The Balaban J connectivity index is 2.37. The van der Waals surface area contributed by atoms with Crippen molar-refractivity contribution in [1.29, 1.82) is 0 Å². The summed E-state index contributed by atoms with van der Waals surface area (Å²) in [5.74, 6) is 1.90. The number of ether oxygens (including phenoxy) is 1. The highest BCUT2D eigenvalue weighted by molar-refractivity contribution is 7.66. The van der Waals surface area contributed by atoms with Gasteiger partial charge in [0.25, 0.3) is 0 Å². The van der Waals surface area contributed by atoms with Crippen LogP contribution in [0, 0.1) is 18.2 Å². The van der Waals surface area contributed by atoms with Crippen molar-refractivity contribution < 1.29 is 61.4 Å². The number of aliphatic hydroxyl groups is 2. The number of aliphatic hydroxyl groups excluding tert-OH is 1. The van der Waals surface area contributed by atoms with Crippen molar-refractivity contribution in [2.45, 2.75) is 44.0 Å². The molecule has 1 aliphatic heterocycles. The number of anilines is 1. The number of nitrogens with two attached hydrogens (primary N) is 1. The van der Waals surface area contributed by atoms with Crippen molar-refractivity contribution in [3.8, 4) is 11.3 Å². The third-order valence-electron chi connectivity index (χ3n) is 4.25. The first-order valence-electron chi connectivity index (χ1n) is 8.68. The van der Waals surface area contributed by atoms with E-state index < -0.39 is 59.3 Å². The summed E-state index contributed by atoms with van der Waals surface area (Å²) >= 11 is 5.37. The van der Waals surface area contributed by atoms with Crippen LogP contribution in [-0.4, -0.2) is 63.3 Å². The number of halogens is 1. The first-order chi connectivity index (χ1) is 15.3. The van der Waals surface area contributed by atoms with Gasteiger partial charge in [-0.15, -0.1) is 0 Å². The van der Waals surface area contributed by atoms with Crippen molar-refractivity contribution in [2.24, 2.45) is 0 Å². The van der Waals surface area contributed by atoms with Crippen molar-refractivity contribution in [3.63, 3.8) is 0 Å². The predicted octanol–water partition coefficient (Wildman–Crippen LogP) is -0.945. The molecule has 0 bridgehead atoms. The molecule has 0 radical (unpaired) electrons. The zero-order chi connectivity index (χ0) is 26.3. The van der Waals surface area contributed by atoms with Gasteiger partial charge in [0.1, 0.15) is 18.0 Å². The molecule has 3 unspecified atom stereocenters. The van der Waals surface area contributed by atoms with Crippen molar-refractivity contribution >= 4 is 40.9 Å². The lowest BCUT2D eigenvalue weighted by Crippen LogP contribution is -2.49. The summed E-state index contributed by atoms with van der Waals surface area (Å²) in [4.78, 5) is 51.9. The van der Waals surface area contributed by atoms with E-state index in [1.807, 2.05) is 5.38 Å². The molecule has 1 aromatic rings. The van der Waals surface area contributed by atoms with Crippen LogP contribution >= 0.6 is 35.1 Å². The molecule has 1 saturated heterocycles. The highest BCUT2D eigenvalue weighted by Gasteiger charge is 2.59. The van der Waals surface area contributed by atoms with E-state index in [4.69, 9.17) is 31.9 Å². The largest absolute Gasteiger partial charge is 0.490 e. The minimum atomic E-state index is -5.81. The summed E-state index contributed by atoms with van der Waals surface area (Å²) in [6.07, 6.45) is -7.39. The van der Waals surface area contributed by atoms with Gasteiger partial charge in [0, 0.05) is 11.1 Å². The second-order valence-corrected chi connectivity index (χ2v) is 11.4. The zero-order valence-corrected chi connectivity index (χ0v) is 20.5. The fourth-order valence-electron chi connectivity index (χ4n) is 3.05. The molecule has 1 fully saturated rings. The van der Waals surface area contributed by atoms with Crippen LogP contribution in [0.4, 0.5) is 5.82 Å². The van der Waals surface area contributed by atoms with Gasteiger partial charge >= 0.3 is 29.2 Å². The molecule has 0 aliphatic carbocycles. The number of rotatable bonds is 8. The zero-order valence-electron chi connectivity index (χ0n) is 17.0. The number of nitrogen functional groups attached to an aromatic ring is 1. The second kappa shape index (κ2) is 10.1. The van der Waals surface area contributed by atoms with Crippen LogP contribution in [0.15, 0.2) is 10.9 Å². The maximum atomic E-state index is 12.4. The molecule has 1 aromatic heterocycles. The fraction of sp³-hybridized carbons (Fsp3) is 0.538. The van der Waals surface area contributed by atoms with Gasteiger partial charge in [-0.1, -0.05) is 0 Å². The summed E-state index contributed by atoms with van der Waals surface area (Å²) in [7, 11) is -17.1. The normalized spacial score (nSPS) is 29.5. The van der Waals surface area contributed by atoms with E-state index in [2.05, 4.69) is 24.0 Å². The molecule has 0 spiro atoms. The summed E-state index contributed by atoms with van der Waals surface area (Å²) in [5.41, 5.74) is 1.97. The number of nitrogens with zero attached hydrogens (tertiary/aromatic N) is 2. The Morgan fingerprint density at radius 3 is 2.35 bits per heavy atom. The van der Waals surface area contributed by atoms with Crippen LogP contribution in [0.2, 0.25) is 0 Å². The van der Waals surface area contributed by atoms with E-state index in [1.54, 1.807) is 0 Å². The second-order valence-electron chi connectivity index (χ2n) is 6.82. The van der Waals surface area contributed by atoms with E-state index in [-0.39, 0.29) is 11.5 Å². The van der Waals surface area contributed by atoms with Gasteiger partial charge in [-0.25, -0.2) is 18.5 Å². The maximum absolute atomic E-state index is 12.4. The molecule has 17 nitrogen and oxygen atoms in total. The van der Waals surface area contributed by atoms with Crippen LogP contribution in [0.25, 0.3) is 0 Å². The van der Waals surface area contributed by atoms with E-state index in [1.165, 1.54) is 13.0 Å². The quantitative estimate of drug-likeness (QED) is 0.147. The average molecular weight is 570 g/mol. The smallest absolute Gasteiger partial charge is 0.386 e. The molecule has 21 heteroatoms. The summed E-state index contributed by atoms with van der Waals surface area (Å²) in [6, 6.07) is 1.23. The van der Waals surface area contributed by atoms with Crippen molar-refractivity contribution in [2.75, 3.05) is 5.73 Å². The van der Waals surface area contributed by atoms with Crippen LogP contribution in [0.1, 0.15) is 18.8 Å². The highest BCUT2D eigenvalue weighted by Crippen LogP contribution is 2.66. The predicted molar refractivity (Wildman–Crippen MR) is 111 cm³/mol. The summed E-state index contributed by atoms with van der Waals surface area (Å²) < 4.78 is 52.3. The molecular weight excluding hydrogens is 551 g/mol. The first-order valence-corrected chi connectivity index (χ1v) is 13.6. The van der Waals surface area contributed by atoms with Gasteiger partial charge in [-0.2, -0.15) is 13.6 Å². The van der Waals surface area contributed by atoms with E-state index in [9.17, 15) is 38.5 Å². The van der Waals surface area contributed by atoms with Crippen LogP contribution in [0.5, 0.6) is 0 Å². The topological polar surface area (TPSA) is 270 Å². The van der Waals surface area contributed by atoms with Crippen LogP contribution < -0.4 is 11.4 Å². The van der Waals surface area contributed by atoms with Gasteiger partial charge in [0.2, 0.25) is 5.60 Å². The Hall–Kier alpha value is -1.18. The standard InChI is InChI=1S/C13H19ClN3O14P3/c1-6-5-8(15)16-12(19)17(6)11-13(20,3-4-14)10(18)9(28-11)7(2)29-33(24,25)31-34(26,27)30-32(21,22)23/h5,7,9-11,18,20H,1-2H3,(H,24,25)(H,26,27)(H2,15,16,19)(H2,21,22,23)/t7-,9-,10+,11-,13?/m1/s1. The van der Waals surface area contributed by atoms with Crippen molar-refractivity contribution in [1.82, 2.24) is 9.55 Å². The molecule has 1 aliphatic rings. The molecule has 2 rings (SSSR count). The van der Waals surface area contributed by atoms with Gasteiger partial charge in [0.05, 0.1) is 6.10 Å². The maximum Gasteiger partial charge on any atom is 0.490 e. The Kier molecular flexibility index (Phi) is 8.59. The lowest BCUT2D eigenvalue weighted by Gasteiger charge is -2.27. The number of aromatic nitrogens is 2. The molecule has 8 N–H and O–H groups in total. The lowest BCUT2D eigenvalue weighted by atomic mass is 9.93. The Bertz CT molecular complexity index is 1210. The van der Waals surface area contributed by atoms with E-state index in [0.29, 0.717) is 0 Å². The van der Waals surface area contributed by atoms with Crippen LogP contribution in [0.3, 0.4) is 0 Å². The molecule has 2 heterocycles. The number of hydrogen-bond acceptors (Lipinski definition) is 12. The first kappa shape index (κ1) is 29.1. The molecular formula is C13H19ClN3O14P3. The summed E-state index contributed by atoms with van der Waals surface area (Å²) in [5, 5.41) is 23.4. The molecule has 0 saturated carbocycles. The minimum absolute atomic E-state index is 0.102. The Morgan fingerprint density at radius 2 is 1.85 bits per heavy atom. The van der Waals surface area contributed by atoms with Crippen LogP contribution in [-0.2, 0) is 31.6 Å². The SMILES string of the molecule is Cc1cc(N)nc(=O)n1[C@@H]1O[C@H]([C@@H](C)OP(=O)(O)OP(=O)(O)OP(=O)(O)O)[C@H](O)C1(O)C#CCl. The third kappa shape index (κ3) is 6.73. The van der Waals surface area contributed by atoms with Gasteiger partial charge in [0.15, 0.2) is 6.23 Å². The number of aryl methyl sites for hydroxylation is 1. The Labute approximate surface area is 195 Å². The molecule has 192 valence electrons. The Morgan fingerprint density at radius 1 is 1.26 bits per heavy atom. The number of phosphoric ester groups is 1. The fourth-order valence-corrected chi connectivity index (χ4v) is 6.40. The monoisotopic (exact) mass is 569 g/mol. The van der Waals surface area contributed by atoms with E-state index >= 15 is 0 Å². The van der Waals surface area contributed by atoms with Gasteiger partial charge < -0.3 is 40.3 Å². The number of hydrogen-bond donors (Lipinski definition) is 7. The molecule has 0 amide bonds.